The molecule has 21 heavy (non-hydrogen) atoms. The zero-order valence-electron chi connectivity index (χ0n) is 13.7. The molecule has 1 heterocycles. The number of nitrogens with zero attached hydrogens (tertiary/aromatic N) is 1. The highest BCUT2D eigenvalue weighted by Crippen LogP contribution is 2.43. The molecule has 0 saturated carbocycles. The molecule has 0 atom stereocenters. The summed E-state index contributed by atoms with van der Waals surface area (Å²) >= 11 is 0. The van der Waals surface area contributed by atoms with Crippen LogP contribution < -0.4 is 14.2 Å². The normalized spacial score (nSPS) is 14.7. The molecule has 0 radical (unpaired) electrons. The van der Waals surface area contributed by atoms with Gasteiger partial charge in [0, 0.05) is 18.7 Å². The SMILES string of the molecule is CCCCCN1CCc2cc(OC)c(OC)c(OC)c2C1. The van der Waals surface area contributed by atoms with Crippen molar-refractivity contribution < 1.29 is 14.2 Å². The summed E-state index contributed by atoms with van der Waals surface area (Å²) in [7, 11) is 5.03. The summed E-state index contributed by atoms with van der Waals surface area (Å²) in [6.45, 7) is 5.44. The lowest BCUT2D eigenvalue weighted by Crippen LogP contribution is -2.31. The van der Waals surface area contributed by atoms with Gasteiger partial charge >= 0.3 is 0 Å². The average Bonchev–Trinajstić information content (AvgIpc) is 2.53. The minimum atomic E-state index is 0.703. The van der Waals surface area contributed by atoms with Crippen LogP contribution in [0.3, 0.4) is 0 Å². The fourth-order valence-corrected chi connectivity index (χ4v) is 3.02. The first-order valence-corrected chi connectivity index (χ1v) is 7.78. The predicted molar refractivity (Wildman–Crippen MR) is 84.6 cm³/mol. The molecule has 0 spiro atoms. The predicted octanol–water partition coefficient (Wildman–Crippen LogP) is 3.26. The van der Waals surface area contributed by atoms with Gasteiger partial charge in [-0.15, -0.1) is 0 Å². The van der Waals surface area contributed by atoms with Crippen molar-refractivity contribution in [2.24, 2.45) is 0 Å². The molecule has 0 amide bonds. The summed E-state index contributed by atoms with van der Waals surface area (Å²) in [5.41, 5.74) is 2.56. The Hall–Kier alpha value is -1.42. The van der Waals surface area contributed by atoms with Crippen molar-refractivity contribution in [2.45, 2.75) is 39.2 Å². The molecule has 0 aliphatic carbocycles. The second-order valence-electron chi connectivity index (χ2n) is 5.52. The van der Waals surface area contributed by atoms with Crippen LogP contribution in [0.15, 0.2) is 6.07 Å². The van der Waals surface area contributed by atoms with E-state index in [0.29, 0.717) is 5.75 Å². The molecule has 0 saturated heterocycles. The van der Waals surface area contributed by atoms with Gasteiger partial charge in [0.25, 0.3) is 0 Å². The summed E-state index contributed by atoms with van der Waals surface area (Å²) in [6.07, 6.45) is 4.87. The van der Waals surface area contributed by atoms with Crippen molar-refractivity contribution in [1.29, 1.82) is 0 Å². The molecule has 2 rings (SSSR count). The van der Waals surface area contributed by atoms with Crippen molar-refractivity contribution in [2.75, 3.05) is 34.4 Å². The van der Waals surface area contributed by atoms with E-state index in [4.69, 9.17) is 14.2 Å². The van der Waals surface area contributed by atoms with E-state index in [9.17, 15) is 0 Å². The van der Waals surface area contributed by atoms with Gasteiger partial charge in [0.15, 0.2) is 11.5 Å². The van der Waals surface area contributed by atoms with Crippen LogP contribution in [0, 0.1) is 0 Å². The smallest absolute Gasteiger partial charge is 0.203 e. The molecule has 4 nitrogen and oxygen atoms in total. The number of hydrogen-bond donors (Lipinski definition) is 0. The van der Waals surface area contributed by atoms with E-state index in [1.54, 1.807) is 21.3 Å². The zero-order chi connectivity index (χ0) is 15.2. The van der Waals surface area contributed by atoms with E-state index < -0.39 is 0 Å². The van der Waals surface area contributed by atoms with E-state index in [-0.39, 0.29) is 0 Å². The van der Waals surface area contributed by atoms with E-state index in [1.807, 2.05) is 0 Å². The van der Waals surface area contributed by atoms with E-state index in [1.165, 1.54) is 30.4 Å². The molecular weight excluding hydrogens is 266 g/mol. The first-order valence-electron chi connectivity index (χ1n) is 7.78. The summed E-state index contributed by atoms with van der Waals surface area (Å²) in [6, 6.07) is 2.10. The van der Waals surface area contributed by atoms with Crippen molar-refractivity contribution in [3.63, 3.8) is 0 Å². The van der Waals surface area contributed by atoms with Gasteiger partial charge in [-0.05, 0) is 31.0 Å². The lowest BCUT2D eigenvalue weighted by molar-refractivity contribution is 0.239. The third kappa shape index (κ3) is 3.43. The Kier molecular flexibility index (Phi) is 5.74. The van der Waals surface area contributed by atoms with Crippen molar-refractivity contribution >= 4 is 0 Å². The highest BCUT2D eigenvalue weighted by Gasteiger charge is 2.25. The Morgan fingerprint density at radius 3 is 2.43 bits per heavy atom. The van der Waals surface area contributed by atoms with E-state index in [2.05, 4.69) is 17.9 Å². The maximum atomic E-state index is 5.62. The minimum absolute atomic E-state index is 0.703. The summed E-state index contributed by atoms with van der Waals surface area (Å²) in [4.78, 5) is 2.51. The number of hydrogen-bond acceptors (Lipinski definition) is 4. The maximum absolute atomic E-state index is 5.62. The number of methoxy groups -OCH3 is 3. The van der Waals surface area contributed by atoms with E-state index >= 15 is 0 Å². The average molecular weight is 293 g/mol. The van der Waals surface area contributed by atoms with Gasteiger partial charge in [0.2, 0.25) is 5.75 Å². The second kappa shape index (κ2) is 7.55. The molecule has 1 aliphatic rings. The molecule has 0 aromatic heterocycles. The molecule has 0 bridgehead atoms. The Morgan fingerprint density at radius 2 is 1.81 bits per heavy atom. The molecule has 4 heteroatoms. The third-order valence-corrected chi connectivity index (χ3v) is 4.18. The van der Waals surface area contributed by atoms with Crippen LogP contribution in [0.4, 0.5) is 0 Å². The molecule has 118 valence electrons. The van der Waals surface area contributed by atoms with Crippen LogP contribution in [0.25, 0.3) is 0 Å². The molecule has 1 aromatic carbocycles. The summed E-state index contributed by atoms with van der Waals surface area (Å²) in [5.74, 6) is 2.29. The highest BCUT2D eigenvalue weighted by atomic mass is 16.5. The molecule has 0 unspecified atom stereocenters. The molecule has 1 aliphatic heterocycles. The monoisotopic (exact) mass is 293 g/mol. The van der Waals surface area contributed by atoms with Gasteiger partial charge in [-0.25, -0.2) is 0 Å². The standard InChI is InChI=1S/C17H27NO3/c1-5-6-7-9-18-10-8-13-11-15(19-2)17(21-4)16(20-3)14(13)12-18/h11H,5-10,12H2,1-4H3. The first-order chi connectivity index (χ1) is 10.2. The second-order valence-corrected chi connectivity index (χ2v) is 5.52. The zero-order valence-corrected chi connectivity index (χ0v) is 13.7. The van der Waals surface area contributed by atoms with Crippen LogP contribution in [0.5, 0.6) is 17.2 Å². The lowest BCUT2D eigenvalue weighted by atomic mass is 9.97. The number of fused-ring (bicyclic) bond motifs is 1. The molecular formula is C17H27NO3. The number of benzene rings is 1. The third-order valence-electron chi connectivity index (χ3n) is 4.18. The fraction of sp³-hybridized carbons (Fsp3) is 0.647. The number of unbranched alkanes of at least 4 members (excludes halogenated alkanes) is 2. The van der Waals surface area contributed by atoms with Gasteiger partial charge in [0.1, 0.15) is 0 Å². The van der Waals surface area contributed by atoms with Gasteiger partial charge in [-0.2, -0.15) is 0 Å². The molecule has 0 fully saturated rings. The minimum Gasteiger partial charge on any atom is -0.493 e. The fourth-order valence-electron chi connectivity index (χ4n) is 3.02. The molecule has 1 aromatic rings. The van der Waals surface area contributed by atoms with Crippen molar-refractivity contribution in [3.8, 4) is 17.2 Å². The van der Waals surface area contributed by atoms with Gasteiger partial charge < -0.3 is 14.2 Å². The number of ether oxygens (including phenoxy) is 3. The lowest BCUT2D eigenvalue weighted by Gasteiger charge is -2.31. The van der Waals surface area contributed by atoms with Crippen molar-refractivity contribution in [1.82, 2.24) is 4.90 Å². The van der Waals surface area contributed by atoms with Gasteiger partial charge in [-0.1, -0.05) is 19.8 Å². The van der Waals surface area contributed by atoms with Crippen LogP contribution in [0.2, 0.25) is 0 Å². The summed E-state index contributed by atoms with van der Waals surface area (Å²) < 4.78 is 16.5. The van der Waals surface area contributed by atoms with Crippen LogP contribution in [-0.2, 0) is 13.0 Å². The van der Waals surface area contributed by atoms with Crippen LogP contribution >= 0.6 is 0 Å². The Balaban J connectivity index is 2.25. The largest absolute Gasteiger partial charge is 0.493 e. The first kappa shape index (κ1) is 16.0. The highest BCUT2D eigenvalue weighted by molar-refractivity contribution is 5.59. The Morgan fingerprint density at radius 1 is 1.05 bits per heavy atom. The van der Waals surface area contributed by atoms with E-state index in [0.717, 1.165) is 37.6 Å². The van der Waals surface area contributed by atoms with Gasteiger partial charge in [-0.3, -0.25) is 4.90 Å². The van der Waals surface area contributed by atoms with Gasteiger partial charge in [0.05, 0.1) is 21.3 Å². The topological polar surface area (TPSA) is 30.9 Å². The maximum Gasteiger partial charge on any atom is 0.203 e. The Labute approximate surface area is 128 Å². The van der Waals surface area contributed by atoms with Crippen LogP contribution in [0.1, 0.15) is 37.3 Å². The van der Waals surface area contributed by atoms with Crippen molar-refractivity contribution in [3.05, 3.63) is 17.2 Å². The molecule has 0 N–H and O–H groups in total. The Bertz CT molecular complexity index is 474. The summed E-state index contributed by atoms with van der Waals surface area (Å²) in [5, 5.41) is 0. The van der Waals surface area contributed by atoms with Crippen LogP contribution in [-0.4, -0.2) is 39.3 Å². The number of rotatable bonds is 7. The quantitative estimate of drug-likeness (QED) is 0.722.